The van der Waals surface area contributed by atoms with Crippen LogP contribution in [0.1, 0.15) is 42.6 Å². The SMILES string of the molecule is CCc1c(Cl)ccc(C(=O)C2=C(O)CC(C)CC2=O)c1Cl. The molecule has 1 aliphatic carbocycles. The number of Topliss-reactive ketones (excluding diaryl/α,β-unsaturated/α-hetero) is 2. The molecule has 112 valence electrons. The molecular formula is C16H16Cl2O3. The molecule has 0 saturated heterocycles. The van der Waals surface area contributed by atoms with Gasteiger partial charge in [-0.15, -0.1) is 0 Å². The van der Waals surface area contributed by atoms with Gasteiger partial charge in [-0.2, -0.15) is 0 Å². The van der Waals surface area contributed by atoms with Gasteiger partial charge < -0.3 is 5.11 Å². The second-order valence-corrected chi connectivity index (χ2v) is 6.11. The van der Waals surface area contributed by atoms with Crippen molar-refractivity contribution in [2.75, 3.05) is 0 Å². The number of hydrogen-bond donors (Lipinski definition) is 1. The predicted octanol–water partition coefficient (Wildman–Crippen LogP) is 4.55. The van der Waals surface area contributed by atoms with Gasteiger partial charge in [0.1, 0.15) is 11.3 Å². The van der Waals surface area contributed by atoms with Crippen molar-refractivity contribution in [3.8, 4) is 0 Å². The van der Waals surface area contributed by atoms with Crippen molar-refractivity contribution in [2.24, 2.45) is 5.92 Å². The predicted molar refractivity (Wildman–Crippen MR) is 83.2 cm³/mol. The van der Waals surface area contributed by atoms with E-state index in [1.807, 2.05) is 13.8 Å². The topological polar surface area (TPSA) is 54.4 Å². The molecule has 2 rings (SSSR count). The number of benzene rings is 1. The summed E-state index contributed by atoms with van der Waals surface area (Å²) in [7, 11) is 0. The lowest BCUT2D eigenvalue weighted by Crippen LogP contribution is -2.23. The Kier molecular flexibility index (Phi) is 4.74. The zero-order valence-corrected chi connectivity index (χ0v) is 13.4. The maximum absolute atomic E-state index is 12.6. The molecule has 0 aromatic heterocycles. The Morgan fingerprint density at radius 2 is 2.00 bits per heavy atom. The van der Waals surface area contributed by atoms with Gasteiger partial charge in [0, 0.05) is 23.4 Å². The first-order valence-corrected chi connectivity index (χ1v) is 7.59. The van der Waals surface area contributed by atoms with Crippen molar-refractivity contribution in [1.82, 2.24) is 0 Å². The van der Waals surface area contributed by atoms with E-state index in [0.29, 0.717) is 23.4 Å². The van der Waals surface area contributed by atoms with Crippen LogP contribution in [0.15, 0.2) is 23.5 Å². The third kappa shape index (κ3) is 2.99. The number of hydrogen-bond acceptors (Lipinski definition) is 3. The molecule has 21 heavy (non-hydrogen) atoms. The van der Waals surface area contributed by atoms with Gasteiger partial charge in [0.15, 0.2) is 5.78 Å². The van der Waals surface area contributed by atoms with Crippen molar-refractivity contribution in [3.63, 3.8) is 0 Å². The first kappa shape index (κ1) is 16.1. The van der Waals surface area contributed by atoms with Crippen LogP contribution in [-0.4, -0.2) is 16.7 Å². The number of halogens is 2. The maximum atomic E-state index is 12.6. The standard InChI is InChI=1S/C16H16Cl2O3/c1-3-9-11(17)5-4-10(15(9)18)16(21)14-12(19)6-8(2)7-13(14)20/h4-5,8,19H,3,6-7H2,1-2H3. The summed E-state index contributed by atoms with van der Waals surface area (Å²) in [5, 5.41) is 10.7. The summed E-state index contributed by atoms with van der Waals surface area (Å²) >= 11 is 12.3. The minimum absolute atomic E-state index is 0.0425. The van der Waals surface area contributed by atoms with E-state index in [9.17, 15) is 14.7 Å². The normalized spacial score (nSPS) is 19.0. The Balaban J connectivity index is 2.51. The van der Waals surface area contributed by atoms with Crippen LogP contribution >= 0.6 is 23.2 Å². The molecule has 1 aromatic rings. The fourth-order valence-corrected chi connectivity index (χ4v) is 3.30. The van der Waals surface area contributed by atoms with Gasteiger partial charge in [0.25, 0.3) is 0 Å². The largest absolute Gasteiger partial charge is 0.511 e. The van der Waals surface area contributed by atoms with Crippen LogP contribution < -0.4 is 0 Å². The summed E-state index contributed by atoms with van der Waals surface area (Å²) < 4.78 is 0. The molecule has 0 fully saturated rings. The number of carbonyl (C=O) groups is 2. The smallest absolute Gasteiger partial charge is 0.201 e. The van der Waals surface area contributed by atoms with Crippen molar-refractivity contribution in [1.29, 1.82) is 0 Å². The molecule has 0 amide bonds. The van der Waals surface area contributed by atoms with Gasteiger partial charge in [-0.3, -0.25) is 9.59 Å². The van der Waals surface area contributed by atoms with Crippen LogP contribution in [0.25, 0.3) is 0 Å². The second-order valence-electron chi connectivity index (χ2n) is 5.33. The lowest BCUT2D eigenvalue weighted by Gasteiger charge is -2.20. The maximum Gasteiger partial charge on any atom is 0.201 e. The summed E-state index contributed by atoms with van der Waals surface area (Å²) in [6.45, 7) is 3.74. The molecule has 0 heterocycles. The first-order valence-electron chi connectivity index (χ1n) is 6.83. The molecule has 3 nitrogen and oxygen atoms in total. The average molecular weight is 327 g/mol. The molecule has 5 heteroatoms. The molecule has 0 radical (unpaired) electrons. The number of aliphatic hydroxyl groups is 1. The van der Waals surface area contributed by atoms with E-state index in [1.165, 1.54) is 6.07 Å². The molecular weight excluding hydrogens is 311 g/mol. The summed E-state index contributed by atoms with van der Waals surface area (Å²) in [6, 6.07) is 3.09. The summed E-state index contributed by atoms with van der Waals surface area (Å²) in [5.41, 5.74) is 0.739. The lowest BCUT2D eigenvalue weighted by atomic mass is 9.85. The minimum atomic E-state index is -0.527. The number of carbonyl (C=O) groups excluding carboxylic acids is 2. The highest BCUT2D eigenvalue weighted by Crippen LogP contribution is 2.33. The van der Waals surface area contributed by atoms with E-state index < -0.39 is 5.78 Å². The van der Waals surface area contributed by atoms with Crippen LogP contribution in [0.3, 0.4) is 0 Å². The number of aliphatic hydroxyl groups excluding tert-OH is 1. The van der Waals surface area contributed by atoms with E-state index in [4.69, 9.17) is 23.2 Å². The highest BCUT2D eigenvalue weighted by atomic mass is 35.5. The highest BCUT2D eigenvalue weighted by molar-refractivity contribution is 6.40. The number of rotatable bonds is 3. The third-order valence-corrected chi connectivity index (χ3v) is 4.44. The van der Waals surface area contributed by atoms with Crippen molar-refractivity contribution < 1.29 is 14.7 Å². The van der Waals surface area contributed by atoms with Crippen LogP contribution in [0.5, 0.6) is 0 Å². The van der Waals surface area contributed by atoms with Crippen molar-refractivity contribution in [3.05, 3.63) is 44.6 Å². The van der Waals surface area contributed by atoms with Gasteiger partial charge in [-0.1, -0.05) is 37.0 Å². The van der Waals surface area contributed by atoms with Gasteiger partial charge in [-0.05, 0) is 30.0 Å². The van der Waals surface area contributed by atoms with Crippen LogP contribution in [0.4, 0.5) is 0 Å². The van der Waals surface area contributed by atoms with E-state index >= 15 is 0 Å². The van der Waals surface area contributed by atoms with Crippen LogP contribution in [0.2, 0.25) is 10.0 Å². The molecule has 0 spiro atoms. The molecule has 1 atom stereocenters. The quantitative estimate of drug-likeness (QED) is 0.654. The monoisotopic (exact) mass is 326 g/mol. The first-order chi connectivity index (χ1) is 9.86. The lowest BCUT2D eigenvalue weighted by molar-refractivity contribution is -0.116. The van der Waals surface area contributed by atoms with Crippen molar-refractivity contribution in [2.45, 2.75) is 33.1 Å². The molecule has 1 N–H and O–H groups in total. The highest BCUT2D eigenvalue weighted by Gasteiger charge is 2.31. The minimum Gasteiger partial charge on any atom is -0.511 e. The van der Waals surface area contributed by atoms with E-state index in [0.717, 1.165) is 0 Å². The Bertz CT molecular complexity index is 647. The molecule has 1 aliphatic rings. The van der Waals surface area contributed by atoms with E-state index in [1.54, 1.807) is 6.07 Å². The molecule has 1 aromatic carbocycles. The van der Waals surface area contributed by atoms with Crippen LogP contribution in [0, 0.1) is 5.92 Å². The Morgan fingerprint density at radius 1 is 1.33 bits per heavy atom. The molecule has 0 bridgehead atoms. The Labute approximate surface area is 133 Å². The second kappa shape index (κ2) is 6.20. The van der Waals surface area contributed by atoms with E-state index in [2.05, 4.69) is 0 Å². The summed E-state index contributed by atoms with van der Waals surface area (Å²) in [5.74, 6) is -0.963. The number of ketones is 2. The van der Waals surface area contributed by atoms with Gasteiger partial charge in [0.05, 0.1) is 5.02 Å². The Hall–Kier alpha value is -1.32. The molecule has 0 aliphatic heterocycles. The molecule has 0 saturated carbocycles. The van der Waals surface area contributed by atoms with Gasteiger partial charge in [0.2, 0.25) is 5.78 Å². The van der Waals surface area contributed by atoms with Crippen molar-refractivity contribution >= 4 is 34.8 Å². The zero-order valence-electron chi connectivity index (χ0n) is 11.9. The van der Waals surface area contributed by atoms with Crippen LogP contribution in [-0.2, 0) is 11.2 Å². The fraction of sp³-hybridized carbons (Fsp3) is 0.375. The van der Waals surface area contributed by atoms with Gasteiger partial charge in [-0.25, -0.2) is 0 Å². The van der Waals surface area contributed by atoms with E-state index in [-0.39, 0.29) is 40.0 Å². The summed E-state index contributed by atoms with van der Waals surface area (Å²) in [6.07, 6.45) is 1.17. The molecule has 1 unspecified atom stereocenters. The van der Waals surface area contributed by atoms with Gasteiger partial charge >= 0.3 is 0 Å². The average Bonchev–Trinajstić information content (AvgIpc) is 2.37. The Morgan fingerprint density at radius 3 is 2.57 bits per heavy atom. The third-order valence-electron chi connectivity index (χ3n) is 3.65. The number of allylic oxidation sites excluding steroid dienone is 2. The zero-order chi connectivity index (χ0) is 15.7. The fourth-order valence-electron chi connectivity index (χ4n) is 2.57. The summed E-state index contributed by atoms with van der Waals surface area (Å²) in [4.78, 5) is 24.6.